The molecule has 0 saturated heterocycles. The summed E-state index contributed by atoms with van der Waals surface area (Å²) in [4.78, 5) is 0. The predicted octanol–water partition coefficient (Wildman–Crippen LogP) is 13.2. The number of hydrogen-bond donors (Lipinski definition) is 0. The summed E-state index contributed by atoms with van der Waals surface area (Å²) >= 11 is 0. The topological polar surface area (TPSA) is 18.5 Å². The maximum absolute atomic E-state index is 7.35. The van der Waals surface area contributed by atoms with Gasteiger partial charge in [-0.05, 0) is 138 Å². The molecule has 9 aromatic rings. The second kappa shape index (κ2) is 12.1. The Bertz CT molecular complexity index is 3260. The van der Waals surface area contributed by atoms with Gasteiger partial charge in [0.2, 0.25) is 0 Å². The van der Waals surface area contributed by atoms with Crippen LogP contribution in [-0.4, -0.2) is 6.61 Å². The molecule has 1 aliphatic heterocycles. The van der Waals surface area contributed by atoms with Crippen LogP contribution in [0.3, 0.4) is 0 Å². The SMILES string of the molecule is C#CCOc1ccc2cc(C3(c4ccc5c6c(ccc5c4)OC4(C=C6C)c5ccccc5-c5cc6ccccc6cc54)c4ccccc4-c4ccccc43)ccc2c1. The number of hydrogen-bond acceptors (Lipinski definition) is 2. The molecule has 0 fully saturated rings. The van der Waals surface area contributed by atoms with Crippen molar-refractivity contribution in [2.45, 2.75) is 17.9 Å². The summed E-state index contributed by atoms with van der Waals surface area (Å²) in [6.45, 7) is 2.49. The van der Waals surface area contributed by atoms with Crippen LogP contribution in [0.2, 0.25) is 0 Å². The minimum Gasteiger partial charge on any atom is -0.481 e. The van der Waals surface area contributed by atoms with Gasteiger partial charge in [-0.3, -0.25) is 0 Å². The molecule has 2 heteroatoms. The van der Waals surface area contributed by atoms with Crippen molar-refractivity contribution in [2.75, 3.05) is 6.61 Å². The van der Waals surface area contributed by atoms with Crippen LogP contribution in [0.5, 0.6) is 11.5 Å². The van der Waals surface area contributed by atoms with Gasteiger partial charge in [-0.25, -0.2) is 0 Å². The summed E-state index contributed by atoms with van der Waals surface area (Å²) in [6, 6.07) is 64.5. The summed E-state index contributed by atoms with van der Waals surface area (Å²) in [7, 11) is 0. The van der Waals surface area contributed by atoms with Crippen molar-refractivity contribution < 1.29 is 9.47 Å². The lowest BCUT2D eigenvalue weighted by Gasteiger charge is -2.36. The van der Waals surface area contributed by atoms with Gasteiger partial charge in [0.25, 0.3) is 0 Å². The van der Waals surface area contributed by atoms with Crippen molar-refractivity contribution in [3.8, 4) is 46.1 Å². The molecule has 1 unspecified atom stereocenters. The normalized spacial score (nSPS) is 16.5. The van der Waals surface area contributed by atoms with Crippen molar-refractivity contribution in [1.29, 1.82) is 0 Å². The van der Waals surface area contributed by atoms with E-state index in [-0.39, 0.29) is 6.61 Å². The van der Waals surface area contributed by atoms with Crippen LogP contribution in [0.1, 0.15) is 45.9 Å². The lowest BCUT2D eigenvalue weighted by atomic mass is 9.67. The first-order valence-electron chi connectivity index (χ1n) is 20.0. The molecule has 0 bridgehead atoms. The van der Waals surface area contributed by atoms with Gasteiger partial charge in [0.05, 0.1) is 5.41 Å². The molecule has 0 saturated carbocycles. The molecule has 1 heterocycles. The lowest BCUT2D eigenvalue weighted by Crippen LogP contribution is -2.33. The number of ether oxygens (including phenoxy) is 2. The molecule has 1 atom stereocenters. The fraction of sp³-hybridized carbons (Fsp3) is 0.0714. The van der Waals surface area contributed by atoms with Crippen molar-refractivity contribution >= 4 is 37.9 Å². The number of allylic oxidation sites excluding steroid dienone is 1. The molecule has 272 valence electrons. The Morgan fingerprint density at radius 3 is 1.83 bits per heavy atom. The third-order valence-corrected chi connectivity index (χ3v) is 12.9. The maximum Gasteiger partial charge on any atom is 0.179 e. The van der Waals surface area contributed by atoms with Crippen LogP contribution in [-0.2, 0) is 11.0 Å². The molecule has 12 rings (SSSR count). The average molecular weight is 741 g/mol. The van der Waals surface area contributed by atoms with Gasteiger partial charge in [0.15, 0.2) is 5.60 Å². The van der Waals surface area contributed by atoms with Crippen LogP contribution in [0.25, 0.3) is 60.1 Å². The highest BCUT2D eigenvalue weighted by Gasteiger charge is 2.48. The average Bonchev–Trinajstić information content (AvgIpc) is 3.71. The van der Waals surface area contributed by atoms with Crippen LogP contribution in [0.4, 0.5) is 0 Å². The van der Waals surface area contributed by atoms with Gasteiger partial charge in [0.1, 0.15) is 18.1 Å². The van der Waals surface area contributed by atoms with Crippen LogP contribution in [0, 0.1) is 12.3 Å². The van der Waals surface area contributed by atoms with Crippen LogP contribution < -0.4 is 9.47 Å². The first-order valence-corrected chi connectivity index (χ1v) is 20.0. The second-order valence-corrected chi connectivity index (χ2v) is 15.9. The Morgan fingerprint density at radius 1 is 0.517 bits per heavy atom. The third kappa shape index (κ3) is 4.39. The first-order chi connectivity index (χ1) is 28.6. The maximum atomic E-state index is 7.35. The number of terminal acetylenes is 1. The van der Waals surface area contributed by atoms with Crippen molar-refractivity contribution in [3.05, 3.63) is 221 Å². The van der Waals surface area contributed by atoms with E-state index in [1.165, 1.54) is 82.8 Å². The largest absolute Gasteiger partial charge is 0.481 e. The molecule has 2 aliphatic carbocycles. The van der Waals surface area contributed by atoms with E-state index in [1.54, 1.807) is 0 Å². The molecule has 58 heavy (non-hydrogen) atoms. The minimum atomic E-state index is -0.716. The van der Waals surface area contributed by atoms with Gasteiger partial charge >= 0.3 is 0 Å². The Kier molecular flexibility index (Phi) is 6.84. The zero-order chi connectivity index (χ0) is 38.6. The third-order valence-electron chi connectivity index (χ3n) is 12.9. The van der Waals surface area contributed by atoms with Gasteiger partial charge in [-0.1, -0.05) is 139 Å². The Labute approximate surface area is 337 Å². The van der Waals surface area contributed by atoms with Crippen molar-refractivity contribution in [1.82, 2.24) is 0 Å². The van der Waals surface area contributed by atoms with E-state index in [9.17, 15) is 0 Å². The van der Waals surface area contributed by atoms with Gasteiger partial charge in [0, 0.05) is 16.7 Å². The van der Waals surface area contributed by atoms with E-state index < -0.39 is 11.0 Å². The molecule has 1 spiro atoms. The fourth-order valence-electron chi connectivity index (χ4n) is 10.5. The quantitative estimate of drug-likeness (QED) is 0.167. The molecule has 0 N–H and O–H groups in total. The highest BCUT2D eigenvalue weighted by Crippen LogP contribution is 2.58. The molecule has 0 aromatic heterocycles. The Morgan fingerprint density at radius 2 is 1.09 bits per heavy atom. The van der Waals surface area contributed by atoms with E-state index in [1.807, 2.05) is 6.07 Å². The highest BCUT2D eigenvalue weighted by atomic mass is 16.5. The smallest absolute Gasteiger partial charge is 0.179 e. The first kappa shape index (κ1) is 32.9. The Balaban J connectivity index is 1.05. The van der Waals surface area contributed by atoms with Gasteiger partial charge in [-0.2, -0.15) is 0 Å². The molecule has 9 aromatic carbocycles. The summed E-state index contributed by atoms with van der Waals surface area (Å²) in [6.07, 6.45) is 7.86. The highest BCUT2D eigenvalue weighted by molar-refractivity contribution is 6.01. The molecule has 2 nitrogen and oxygen atoms in total. The van der Waals surface area contributed by atoms with Crippen LogP contribution in [0.15, 0.2) is 182 Å². The van der Waals surface area contributed by atoms with Crippen molar-refractivity contribution in [3.63, 3.8) is 0 Å². The van der Waals surface area contributed by atoms with E-state index in [4.69, 9.17) is 15.9 Å². The van der Waals surface area contributed by atoms with Gasteiger partial charge < -0.3 is 9.47 Å². The summed E-state index contributed by atoms with van der Waals surface area (Å²) < 4.78 is 13.1. The van der Waals surface area contributed by atoms with E-state index in [0.29, 0.717) is 0 Å². The monoisotopic (exact) mass is 740 g/mol. The van der Waals surface area contributed by atoms with E-state index in [0.717, 1.165) is 27.8 Å². The zero-order valence-corrected chi connectivity index (χ0v) is 31.9. The molecule has 0 amide bonds. The number of benzene rings is 9. The standard InChI is InChI=1S/C56H36O2/c1-3-28-57-43-25-21-38-29-41(23-20-39(38)31-43)56(50-18-10-7-14-45(50)46-15-8-11-19-51(46)56)42-24-26-44-40(30-42)22-27-53-54(44)35(2)34-55(58-53)49-17-9-6-16-47(49)48-32-36-12-4-5-13-37(36)33-52(48)55/h1,4-27,29-34H,28H2,2H3. The number of fused-ring (bicyclic) bond motifs is 13. The molecule has 3 aliphatic rings. The molecular formula is C56H36O2. The predicted molar refractivity (Wildman–Crippen MR) is 238 cm³/mol. The molecular weight excluding hydrogens is 705 g/mol. The Hall–Kier alpha value is -7.34. The van der Waals surface area contributed by atoms with Crippen LogP contribution >= 0.6 is 0 Å². The summed E-state index contributed by atoms with van der Waals surface area (Å²) in [5.74, 6) is 4.26. The summed E-state index contributed by atoms with van der Waals surface area (Å²) in [5, 5.41) is 7.08. The second-order valence-electron chi connectivity index (χ2n) is 15.9. The lowest BCUT2D eigenvalue weighted by molar-refractivity contribution is 0.165. The fourth-order valence-corrected chi connectivity index (χ4v) is 10.5. The van der Waals surface area contributed by atoms with E-state index in [2.05, 4.69) is 189 Å². The number of rotatable bonds is 4. The molecule has 0 radical (unpaired) electrons. The zero-order valence-electron chi connectivity index (χ0n) is 31.9. The van der Waals surface area contributed by atoms with Crippen molar-refractivity contribution in [2.24, 2.45) is 0 Å². The minimum absolute atomic E-state index is 0.243. The van der Waals surface area contributed by atoms with E-state index >= 15 is 0 Å². The van der Waals surface area contributed by atoms with Gasteiger partial charge in [-0.15, -0.1) is 6.42 Å². The summed E-state index contributed by atoms with van der Waals surface area (Å²) in [5.41, 5.74) is 13.5.